The second kappa shape index (κ2) is 15.7. The highest BCUT2D eigenvalue weighted by Crippen LogP contribution is 2.34. The average molecular weight is 647 g/mol. The lowest BCUT2D eigenvalue weighted by molar-refractivity contribution is 0.0982. The van der Waals surface area contributed by atoms with Crippen molar-refractivity contribution in [2.24, 2.45) is 5.73 Å². The van der Waals surface area contributed by atoms with E-state index < -0.39 is 17.4 Å². The summed E-state index contributed by atoms with van der Waals surface area (Å²) in [5, 5.41) is 13.8. The number of benzene rings is 2. The van der Waals surface area contributed by atoms with E-state index in [9.17, 15) is 8.76 Å². The number of halogens is 1. The van der Waals surface area contributed by atoms with Gasteiger partial charge in [-0.2, -0.15) is 4.98 Å². The number of hydrogen-bond acceptors (Lipinski definition) is 11. The van der Waals surface area contributed by atoms with Crippen LogP contribution in [-0.4, -0.2) is 99.2 Å². The molecule has 1 amide bonds. The summed E-state index contributed by atoms with van der Waals surface area (Å²) >= 11 is 3.87. The van der Waals surface area contributed by atoms with E-state index in [1.165, 1.54) is 6.20 Å². The third-order valence-corrected chi connectivity index (χ3v) is 8.10. The van der Waals surface area contributed by atoms with Crippen molar-refractivity contribution in [1.29, 1.82) is 0 Å². The molecule has 1 atom stereocenters. The Balaban J connectivity index is 0.00000104. The number of para-hydroxylation sites is 2. The van der Waals surface area contributed by atoms with Gasteiger partial charge < -0.3 is 45.3 Å². The minimum Gasteiger partial charge on any atom is -0.755 e. The number of ether oxygens (including phenoxy) is 1. The highest BCUT2D eigenvalue weighted by atomic mass is 35.5. The van der Waals surface area contributed by atoms with E-state index in [1.54, 1.807) is 31.4 Å². The normalized spacial score (nSPS) is 16.8. The van der Waals surface area contributed by atoms with Gasteiger partial charge in [-0.05, 0) is 44.2 Å². The number of carboxylic acid groups (broad SMARTS) is 1. The Hall–Kier alpha value is -3.89. The van der Waals surface area contributed by atoms with Crippen LogP contribution in [0.5, 0.6) is 5.75 Å². The second-order valence-corrected chi connectivity index (χ2v) is 11.4. The van der Waals surface area contributed by atoms with Gasteiger partial charge in [-0.3, -0.25) is 9.11 Å². The first-order valence-electron chi connectivity index (χ1n) is 14.0. The SMILES string of the molecule is COc1cc(N2CCC(N3CCN(C)CC3)CC2)ccc1Nc1ncc(Cl)c(Nc2ccccc2NS(=O)[O-])n1.NC(=O)O. The number of hydrogen-bond donors (Lipinski definition) is 5. The minimum absolute atomic E-state index is 0.283. The lowest BCUT2D eigenvalue weighted by atomic mass is 10.0. The van der Waals surface area contributed by atoms with Crippen LogP contribution in [0.15, 0.2) is 48.7 Å². The number of aromatic nitrogens is 2. The van der Waals surface area contributed by atoms with E-state index in [2.05, 4.69) is 58.9 Å². The van der Waals surface area contributed by atoms with Crippen molar-refractivity contribution in [2.75, 3.05) is 73.7 Å². The fourth-order valence-corrected chi connectivity index (χ4v) is 5.69. The monoisotopic (exact) mass is 646 g/mol. The summed E-state index contributed by atoms with van der Waals surface area (Å²) in [6, 6.07) is 13.6. The summed E-state index contributed by atoms with van der Waals surface area (Å²) in [7, 11) is 3.84. The standard InChI is InChI=1S/C27H35ClN8O3S.CH3NO2/c1-34-13-15-36(16-14-34)19-9-11-35(12-10-19)20-7-8-24(25(17-20)39-2)31-27-29-18-21(28)26(32-27)30-22-5-3-4-6-23(22)33-40(37)38;2-1(3)4/h3-8,17-19,33H,9-16H2,1-2H3,(H,37,38)(H2,29,30,31,32);2H2,(H,3,4)/p-1. The molecule has 2 aromatic carbocycles. The van der Waals surface area contributed by atoms with Crippen LogP contribution >= 0.6 is 11.6 Å². The predicted molar refractivity (Wildman–Crippen MR) is 172 cm³/mol. The quantitative estimate of drug-likeness (QED) is 0.213. The molecule has 6 N–H and O–H groups in total. The molecule has 0 spiro atoms. The first-order valence-corrected chi connectivity index (χ1v) is 15.4. The summed E-state index contributed by atoms with van der Waals surface area (Å²) in [6.45, 7) is 6.63. The summed E-state index contributed by atoms with van der Waals surface area (Å²) < 4.78 is 30.4. The Labute approximate surface area is 264 Å². The predicted octanol–water partition coefficient (Wildman–Crippen LogP) is 3.67. The number of primary amides is 1. The van der Waals surface area contributed by atoms with Gasteiger partial charge in [0.15, 0.2) is 5.82 Å². The number of amides is 1. The van der Waals surface area contributed by atoms with Crippen LogP contribution < -0.4 is 30.7 Å². The van der Waals surface area contributed by atoms with Crippen molar-refractivity contribution in [2.45, 2.75) is 18.9 Å². The number of rotatable bonds is 9. The molecule has 0 radical (unpaired) electrons. The molecule has 5 rings (SSSR count). The first kappa shape index (κ1) is 33.0. The number of nitrogens with zero attached hydrogens (tertiary/aromatic N) is 5. The molecule has 2 aliphatic rings. The van der Waals surface area contributed by atoms with Gasteiger partial charge in [0, 0.05) is 68.3 Å². The number of piperazine rings is 1. The van der Waals surface area contributed by atoms with E-state index in [4.69, 9.17) is 26.2 Å². The lowest BCUT2D eigenvalue weighted by Gasteiger charge is -2.42. The molecule has 1 unspecified atom stereocenters. The number of carbonyl (C=O) groups is 1. The minimum atomic E-state index is -2.47. The smallest absolute Gasteiger partial charge is 0.402 e. The zero-order chi connectivity index (χ0) is 31.6. The lowest BCUT2D eigenvalue weighted by Crippen LogP contribution is -2.52. The van der Waals surface area contributed by atoms with Gasteiger partial charge in [-0.15, -0.1) is 0 Å². The molecule has 2 fully saturated rings. The molecular formula is C28H37ClN9O5S-. The van der Waals surface area contributed by atoms with Gasteiger partial charge in [-0.25, -0.2) is 9.78 Å². The fourth-order valence-electron chi connectivity index (χ4n) is 5.19. The second-order valence-electron chi connectivity index (χ2n) is 10.3. The number of piperidine rings is 1. The van der Waals surface area contributed by atoms with Crippen LogP contribution in [0.1, 0.15) is 12.8 Å². The molecule has 2 saturated heterocycles. The van der Waals surface area contributed by atoms with Crippen molar-refractivity contribution in [3.63, 3.8) is 0 Å². The first-order chi connectivity index (χ1) is 21.1. The maximum atomic E-state index is 11.2. The van der Waals surface area contributed by atoms with E-state index in [0.29, 0.717) is 34.9 Å². The molecule has 0 bridgehead atoms. The molecule has 3 aromatic rings. The zero-order valence-corrected chi connectivity index (χ0v) is 26.1. The number of nitrogens with two attached hydrogens (primary N) is 1. The Morgan fingerprint density at radius 3 is 2.36 bits per heavy atom. The zero-order valence-electron chi connectivity index (χ0n) is 24.5. The van der Waals surface area contributed by atoms with Gasteiger partial charge in [0.25, 0.3) is 0 Å². The summed E-state index contributed by atoms with van der Waals surface area (Å²) in [6.07, 6.45) is 2.46. The maximum absolute atomic E-state index is 11.2. The molecule has 16 heteroatoms. The van der Waals surface area contributed by atoms with E-state index in [1.807, 2.05) is 12.1 Å². The molecule has 1 aromatic heterocycles. The van der Waals surface area contributed by atoms with Gasteiger partial charge in [0.05, 0.1) is 30.4 Å². The summed E-state index contributed by atoms with van der Waals surface area (Å²) in [5.41, 5.74) is 6.73. The molecule has 0 saturated carbocycles. The average Bonchev–Trinajstić information content (AvgIpc) is 3.00. The van der Waals surface area contributed by atoms with Gasteiger partial charge in [-0.1, -0.05) is 23.7 Å². The molecule has 44 heavy (non-hydrogen) atoms. The molecule has 238 valence electrons. The molecule has 0 aliphatic carbocycles. The van der Waals surface area contributed by atoms with Gasteiger partial charge in [0.1, 0.15) is 10.8 Å². The molecular weight excluding hydrogens is 610 g/mol. The van der Waals surface area contributed by atoms with E-state index in [-0.39, 0.29) is 5.02 Å². The van der Waals surface area contributed by atoms with Gasteiger partial charge in [0.2, 0.25) is 5.95 Å². The highest BCUT2D eigenvalue weighted by molar-refractivity contribution is 7.80. The fraction of sp³-hybridized carbons (Fsp3) is 0.393. The number of methoxy groups -OCH3 is 1. The number of likely N-dealkylation sites (N-methyl/N-ethyl adjacent to an activating group) is 1. The van der Waals surface area contributed by atoms with Crippen LogP contribution in [0, 0.1) is 0 Å². The summed E-state index contributed by atoms with van der Waals surface area (Å²) in [4.78, 5) is 25.1. The molecule has 14 nitrogen and oxygen atoms in total. The van der Waals surface area contributed by atoms with Crippen LogP contribution in [0.2, 0.25) is 5.02 Å². The molecule has 3 heterocycles. The topological polar surface area (TPSA) is 184 Å². The van der Waals surface area contributed by atoms with Crippen LogP contribution in [0.25, 0.3) is 0 Å². The Morgan fingerprint density at radius 1 is 1.07 bits per heavy atom. The van der Waals surface area contributed by atoms with Gasteiger partial charge >= 0.3 is 6.09 Å². The van der Waals surface area contributed by atoms with Crippen LogP contribution in [-0.2, 0) is 11.3 Å². The molecule has 2 aliphatic heterocycles. The third kappa shape index (κ3) is 9.30. The largest absolute Gasteiger partial charge is 0.755 e. The van der Waals surface area contributed by atoms with E-state index >= 15 is 0 Å². The third-order valence-electron chi connectivity index (χ3n) is 7.43. The van der Waals surface area contributed by atoms with E-state index in [0.717, 1.165) is 63.5 Å². The Bertz CT molecular complexity index is 1430. The van der Waals surface area contributed by atoms with Crippen molar-refractivity contribution < 1.29 is 23.4 Å². The Kier molecular flexibility index (Phi) is 11.8. The van der Waals surface area contributed by atoms with Crippen LogP contribution in [0.4, 0.5) is 39.3 Å². The van der Waals surface area contributed by atoms with Crippen molar-refractivity contribution >= 4 is 63.5 Å². The van der Waals surface area contributed by atoms with Crippen molar-refractivity contribution in [3.05, 3.63) is 53.7 Å². The number of nitrogens with one attached hydrogen (secondary N) is 3. The maximum Gasteiger partial charge on any atom is 0.402 e. The highest BCUT2D eigenvalue weighted by Gasteiger charge is 2.27. The van der Waals surface area contributed by atoms with Crippen molar-refractivity contribution in [1.82, 2.24) is 19.8 Å². The number of anilines is 6. The van der Waals surface area contributed by atoms with Crippen LogP contribution in [0.3, 0.4) is 0 Å². The van der Waals surface area contributed by atoms with Crippen molar-refractivity contribution in [3.8, 4) is 5.75 Å². The summed E-state index contributed by atoms with van der Waals surface area (Å²) in [5.74, 6) is 1.31. The Morgan fingerprint density at radius 2 is 1.73 bits per heavy atom.